The monoisotopic (exact) mass is 487 g/mol. The van der Waals surface area contributed by atoms with E-state index >= 15 is 0 Å². The molecule has 1 aromatic carbocycles. The highest BCUT2D eigenvalue weighted by molar-refractivity contribution is 6.31. The average molecular weight is 488 g/mol. The van der Waals surface area contributed by atoms with Gasteiger partial charge in [0.2, 0.25) is 0 Å². The van der Waals surface area contributed by atoms with Gasteiger partial charge in [-0.25, -0.2) is 9.67 Å². The fourth-order valence-electron chi connectivity index (χ4n) is 4.88. The Labute approximate surface area is 208 Å². The van der Waals surface area contributed by atoms with Gasteiger partial charge >= 0.3 is 0 Å². The zero-order valence-corrected chi connectivity index (χ0v) is 20.6. The van der Waals surface area contributed by atoms with Crippen molar-refractivity contribution in [2.75, 3.05) is 5.32 Å². The van der Waals surface area contributed by atoms with Gasteiger partial charge in [0.05, 0.1) is 17.3 Å². The topological polar surface area (TPSA) is 88.9 Å². The van der Waals surface area contributed by atoms with E-state index < -0.39 is 5.92 Å². The van der Waals surface area contributed by atoms with Crippen molar-refractivity contribution >= 4 is 29.1 Å². The standard InChI is InChI=1S/C27H26ClN5O2/c1-15-12-13-21(29-14-15)31-27(35)23-16(2)30-19-10-7-11-20(34)24(19)25(23)22-17(3)32-33(26(22)28)18-8-5-4-6-9-18/h4-6,8-9,12-14,25,30H,7,10-11H2,1-3H3,(H,29,31,35)/t25-/m0/s1. The van der Waals surface area contributed by atoms with Gasteiger partial charge in [-0.1, -0.05) is 35.9 Å². The first kappa shape index (κ1) is 23.1. The highest BCUT2D eigenvalue weighted by Gasteiger charge is 2.41. The summed E-state index contributed by atoms with van der Waals surface area (Å²) in [7, 11) is 0. The number of para-hydroxylation sites is 1. The molecule has 0 radical (unpaired) electrons. The molecule has 3 heterocycles. The number of halogens is 1. The van der Waals surface area contributed by atoms with Crippen LogP contribution in [0.2, 0.25) is 5.15 Å². The maximum Gasteiger partial charge on any atom is 0.255 e. The molecule has 0 bridgehead atoms. The third kappa shape index (κ3) is 4.17. The minimum absolute atomic E-state index is 0.0259. The third-order valence-electron chi connectivity index (χ3n) is 6.51. The molecule has 0 fully saturated rings. The van der Waals surface area contributed by atoms with Crippen molar-refractivity contribution in [2.24, 2.45) is 0 Å². The predicted octanol–water partition coefficient (Wildman–Crippen LogP) is 5.14. The van der Waals surface area contributed by atoms with Crippen LogP contribution >= 0.6 is 11.6 Å². The number of carbonyl (C=O) groups excluding carboxylic acids is 2. The van der Waals surface area contributed by atoms with Crippen LogP contribution in [-0.4, -0.2) is 26.5 Å². The fraction of sp³-hybridized carbons (Fsp3) is 0.259. The summed E-state index contributed by atoms with van der Waals surface area (Å²) in [6, 6.07) is 13.2. The Morgan fingerprint density at radius 1 is 1.11 bits per heavy atom. The van der Waals surface area contributed by atoms with E-state index in [1.807, 2.05) is 57.2 Å². The highest BCUT2D eigenvalue weighted by Crippen LogP contribution is 2.46. The highest BCUT2D eigenvalue weighted by atomic mass is 35.5. The molecule has 0 saturated heterocycles. The summed E-state index contributed by atoms with van der Waals surface area (Å²) in [6.45, 7) is 5.66. The van der Waals surface area contributed by atoms with Crippen molar-refractivity contribution < 1.29 is 9.59 Å². The SMILES string of the molecule is CC1=C(C(=O)Nc2ccc(C)cn2)[C@H](c2c(C)nn(-c3ccccc3)c2Cl)C2=C(CCCC2=O)N1. The Morgan fingerprint density at radius 2 is 1.89 bits per heavy atom. The normalized spacial score (nSPS) is 17.8. The summed E-state index contributed by atoms with van der Waals surface area (Å²) in [5.41, 5.74) is 5.73. The number of hydrogen-bond acceptors (Lipinski definition) is 5. The maximum absolute atomic E-state index is 13.7. The van der Waals surface area contributed by atoms with Gasteiger partial charge in [0.1, 0.15) is 11.0 Å². The maximum atomic E-state index is 13.7. The number of rotatable bonds is 4. The Hall–Kier alpha value is -3.71. The minimum Gasteiger partial charge on any atom is -0.362 e. The summed E-state index contributed by atoms with van der Waals surface area (Å²) < 4.78 is 1.66. The lowest BCUT2D eigenvalue weighted by atomic mass is 9.75. The van der Waals surface area contributed by atoms with E-state index in [2.05, 4.69) is 15.6 Å². The average Bonchev–Trinajstić information content (AvgIpc) is 3.13. The summed E-state index contributed by atoms with van der Waals surface area (Å²) >= 11 is 6.95. The zero-order valence-electron chi connectivity index (χ0n) is 19.9. The van der Waals surface area contributed by atoms with Gasteiger partial charge in [0.25, 0.3) is 5.91 Å². The summed E-state index contributed by atoms with van der Waals surface area (Å²) in [4.78, 5) is 31.2. The number of anilines is 1. The first-order chi connectivity index (χ1) is 16.8. The molecule has 2 N–H and O–H groups in total. The molecule has 0 saturated carbocycles. The number of ketones is 1. The van der Waals surface area contributed by atoms with Crippen molar-refractivity contribution in [3.63, 3.8) is 0 Å². The van der Waals surface area contributed by atoms with Gasteiger partial charge in [-0.15, -0.1) is 0 Å². The summed E-state index contributed by atoms with van der Waals surface area (Å²) in [5.74, 6) is -0.492. The number of benzene rings is 1. The molecule has 0 unspecified atom stereocenters. The molecular formula is C27H26ClN5O2. The van der Waals surface area contributed by atoms with E-state index in [-0.39, 0.29) is 11.7 Å². The number of aryl methyl sites for hydroxylation is 2. The number of hydrogen-bond donors (Lipinski definition) is 2. The van der Waals surface area contributed by atoms with Crippen LogP contribution in [-0.2, 0) is 9.59 Å². The van der Waals surface area contributed by atoms with Crippen LogP contribution in [0.5, 0.6) is 0 Å². The number of dihydropyridines is 1. The van der Waals surface area contributed by atoms with Gasteiger partial charge in [0, 0.05) is 40.7 Å². The Balaban J connectivity index is 1.65. The number of allylic oxidation sites excluding steroid dienone is 3. The number of carbonyl (C=O) groups is 2. The molecule has 178 valence electrons. The van der Waals surface area contributed by atoms with E-state index in [1.165, 1.54) is 0 Å². The van der Waals surface area contributed by atoms with Crippen LogP contribution in [0.1, 0.15) is 48.9 Å². The number of nitrogens with one attached hydrogen (secondary N) is 2. The molecule has 1 aliphatic carbocycles. The molecule has 8 heteroatoms. The van der Waals surface area contributed by atoms with Crippen LogP contribution in [0.3, 0.4) is 0 Å². The molecule has 5 rings (SSSR count). The van der Waals surface area contributed by atoms with Crippen molar-refractivity contribution in [2.45, 2.75) is 46.0 Å². The fourth-order valence-corrected chi connectivity index (χ4v) is 5.26. The quantitative estimate of drug-likeness (QED) is 0.531. The first-order valence-corrected chi connectivity index (χ1v) is 12.0. The molecular weight excluding hydrogens is 462 g/mol. The molecule has 2 aliphatic rings. The first-order valence-electron chi connectivity index (χ1n) is 11.6. The van der Waals surface area contributed by atoms with Crippen LogP contribution in [0.15, 0.2) is 71.2 Å². The lowest BCUT2D eigenvalue weighted by Gasteiger charge is -2.34. The number of amides is 1. The number of nitrogens with zero attached hydrogens (tertiary/aromatic N) is 3. The largest absolute Gasteiger partial charge is 0.362 e. The molecule has 1 aliphatic heterocycles. The van der Waals surface area contributed by atoms with Crippen molar-refractivity contribution in [3.05, 3.63) is 93.2 Å². The Kier molecular flexibility index (Phi) is 6.03. The van der Waals surface area contributed by atoms with Gasteiger partial charge in [-0.05, 0) is 57.4 Å². The number of Topliss-reactive ketones (excluding diaryl/α,β-unsaturated/α-hetero) is 1. The van der Waals surface area contributed by atoms with Crippen molar-refractivity contribution in [3.8, 4) is 5.69 Å². The second kappa shape index (κ2) is 9.15. The Bertz CT molecular complexity index is 1390. The van der Waals surface area contributed by atoms with E-state index in [9.17, 15) is 9.59 Å². The van der Waals surface area contributed by atoms with Gasteiger partial charge in [-0.2, -0.15) is 5.10 Å². The van der Waals surface area contributed by atoms with E-state index in [1.54, 1.807) is 16.9 Å². The van der Waals surface area contributed by atoms with E-state index in [4.69, 9.17) is 16.7 Å². The molecule has 35 heavy (non-hydrogen) atoms. The lowest BCUT2D eigenvalue weighted by molar-refractivity contribution is -0.116. The van der Waals surface area contributed by atoms with Crippen LogP contribution in [0, 0.1) is 13.8 Å². The molecule has 1 atom stereocenters. The van der Waals surface area contributed by atoms with Crippen molar-refractivity contribution in [1.82, 2.24) is 20.1 Å². The van der Waals surface area contributed by atoms with Gasteiger partial charge in [-0.3, -0.25) is 9.59 Å². The molecule has 7 nitrogen and oxygen atoms in total. The van der Waals surface area contributed by atoms with Crippen LogP contribution in [0.25, 0.3) is 5.69 Å². The summed E-state index contributed by atoms with van der Waals surface area (Å²) in [5, 5.41) is 11.3. The van der Waals surface area contributed by atoms with Crippen LogP contribution < -0.4 is 10.6 Å². The Morgan fingerprint density at radius 3 is 2.60 bits per heavy atom. The second-order valence-electron chi connectivity index (χ2n) is 8.98. The van der Waals surface area contributed by atoms with Gasteiger partial charge < -0.3 is 10.6 Å². The summed E-state index contributed by atoms with van der Waals surface area (Å²) in [6.07, 6.45) is 3.65. The predicted molar refractivity (Wildman–Crippen MR) is 135 cm³/mol. The molecule has 2 aromatic heterocycles. The second-order valence-corrected chi connectivity index (χ2v) is 9.34. The van der Waals surface area contributed by atoms with E-state index in [0.29, 0.717) is 45.5 Å². The number of pyridine rings is 1. The zero-order chi connectivity index (χ0) is 24.7. The molecule has 1 amide bonds. The molecule has 0 spiro atoms. The molecule has 3 aromatic rings. The van der Waals surface area contributed by atoms with Crippen molar-refractivity contribution in [1.29, 1.82) is 0 Å². The van der Waals surface area contributed by atoms with E-state index in [0.717, 1.165) is 29.8 Å². The number of aromatic nitrogens is 3. The lowest BCUT2D eigenvalue weighted by Crippen LogP contribution is -2.35. The third-order valence-corrected chi connectivity index (χ3v) is 6.87. The smallest absolute Gasteiger partial charge is 0.255 e. The minimum atomic E-state index is -0.630. The van der Waals surface area contributed by atoms with Crippen LogP contribution in [0.4, 0.5) is 5.82 Å². The van der Waals surface area contributed by atoms with Gasteiger partial charge in [0.15, 0.2) is 5.78 Å².